The first-order valence-corrected chi connectivity index (χ1v) is 8.29. The molecule has 18 heavy (non-hydrogen) atoms. The van der Waals surface area contributed by atoms with E-state index in [0.29, 0.717) is 4.90 Å². The highest BCUT2D eigenvalue weighted by atomic mass is 32.2. The third-order valence-corrected chi connectivity index (χ3v) is 5.42. The molecule has 1 saturated heterocycles. The van der Waals surface area contributed by atoms with Crippen LogP contribution in [0, 0.1) is 5.92 Å². The molecule has 0 amide bonds. The van der Waals surface area contributed by atoms with Crippen molar-refractivity contribution < 1.29 is 8.42 Å². The molecular weight excluding hydrogens is 246 g/mol. The SMILES string of the molecule is CCS(=O)(=O)c1ccc(CCC2CCNC2)cc1. The zero-order valence-corrected chi connectivity index (χ0v) is 11.7. The molecule has 1 aromatic rings. The Bertz CT molecular complexity index is 473. The highest BCUT2D eigenvalue weighted by molar-refractivity contribution is 7.91. The lowest BCUT2D eigenvalue weighted by Crippen LogP contribution is -2.09. The lowest BCUT2D eigenvalue weighted by atomic mass is 9.99. The highest BCUT2D eigenvalue weighted by Crippen LogP contribution is 2.18. The number of nitrogens with one attached hydrogen (secondary N) is 1. The van der Waals surface area contributed by atoms with Gasteiger partial charge in [0.15, 0.2) is 9.84 Å². The molecule has 0 aliphatic carbocycles. The molecule has 0 bridgehead atoms. The van der Waals surface area contributed by atoms with Crippen molar-refractivity contribution >= 4 is 9.84 Å². The average molecular weight is 267 g/mol. The lowest BCUT2D eigenvalue weighted by Gasteiger charge is -2.08. The van der Waals surface area contributed by atoms with E-state index in [0.717, 1.165) is 25.4 Å². The van der Waals surface area contributed by atoms with Crippen molar-refractivity contribution in [1.82, 2.24) is 5.32 Å². The quantitative estimate of drug-likeness (QED) is 0.888. The molecule has 0 aromatic heterocycles. The van der Waals surface area contributed by atoms with Gasteiger partial charge in [0.2, 0.25) is 0 Å². The maximum Gasteiger partial charge on any atom is 0.178 e. The van der Waals surface area contributed by atoms with Gasteiger partial charge in [-0.05, 0) is 56.0 Å². The number of rotatable bonds is 5. The molecule has 1 aliphatic rings. The first-order valence-electron chi connectivity index (χ1n) is 6.64. The van der Waals surface area contributed by atoms with E-state index in [-0.39, 0.29) is 5.75 Å². The second kappa shape index (κ2) is 5.85. The van der Waals surface area contributed by atoms with Gasteiger partial charge in [0, 0.05) is 0 Å². The Kier molecular flexibility index (Phi) is 4.40. The molecule has 1 N–H and O–H groups in total. The third kappa shape index (κ3) is 3.33. The van der Waals surface area contributed by atoms with Crippen LogP contribution < -0.4 is 5.32 Å². The standard InChI is InChI=1S/C14H21NO2S/c1-2-18(16,17)14-7-5-12(6-8-14)3-4-13-9-10-15-11-13/h5-8,13,15H,2-4,9-11H2,1H3. The summed E-state index contributed by atoms with van der Waals surface area (Å²) in [6.45, 7) is 3.94. The van der Waals surface area contributed by atoms with Crippen molar-refractivity contribution in [2.75, 3.05) is 18.8 Å². The summed E-state index contributed by atoms with van der Waals surface area (Å²) in [5.41, 5.74) is 1.23. The molecule has 1 aromatic carbocycles. The van der Waals surface area contributed by atoms with Crippen molar-refractivity contribution in [3.8, 4) is 0 Å². The Labute approximate surface area is 110 Å². The first-order chi connectivity index (χ1) is 8.62. The van der Waals surface area contributed by atoms with Crippen LogP contribution in [-0.2, 0) is 16.3 Å². The van der Waals surface area contributed by atoms with Crippen molar-refractivity contribution in [2.24, 2.45) is 5.92 Å². The van der Waals surface area contributed by atoms with Gasteiger partial charge >= 0.3 is 0 Å². The molecule has 1 unspecified atom stereocenters. The Balaban J connectivity index is 1.95. The second-order valence-electron chi connectivity index (χ2n) is 4.94. The summed E-state index contributed by atoms with van der Waals surface area (Å²) in [5.74, 6) is 0.948. The van der Waals surface area contributed by atoms with Gasteiger partial charge in [0.1, 0.15) is 0 Å². The van der Waals surface area contributed by atoms with Gasteiger partial charge in [-0.25, -0.2) is 8.42 Å². The number of hydrogen-bond donors (Lipinski definition) is 1. The van der Waals surface area contributed by atoms with Crippen LogP contribution in [0.25, 0.3) is 0 Å². The number of aryl methyl sites for hydroxylation is 1. The fourth-order valence-electron chi connectivity index (χ4n) is 2.36. The minimum absolute atomic E-state index is 0.167. The highest BCUT2D eigenvalue weighted by Gasteiger charge is 2.14. The van der Waals surface area contributed by atoms with E-state index in [1.54, 1.807) is 19.1 Å². The Morgan fingerprint density at radius 2 is 2.00 bits per heavy atom. The largest absolute Gasteiger partial charge is 0.316 e. The molecule has 4 heteroatoms. The van der Waals surface area contributed by atoms with Crippen LogP contribution in [0.15, 0.2) is 29.2 Å². The van der Waals surface area contributed by atoms with Crippen molar-refractivity contribution in [3.05, 3.63) is 29.8 Å². The third-order valence-electron chi connectivity index (χ3n) is 3.67. The van der Waals surface area contributed by atoms with Gasteiger partial charge in [-0.3, -0.25) is 0 Å². The van der Waals surface area contributed by atoms with Gasteiger partial charge in [0.05, 0.1) is 10.6 Å². The second-order valence-corrected chi connectivity index (χ2v) is 7.22. The minimum atomic E-state index is -3.06. The van der Waals surface area contributed by atoms with Crippen molar-refractivity contribution in [3.63, 3.8) is 0 Å². The van der Waals surface area contributed by atoms with Gasteiger partial charge in [-0.1, -0.05) is 19.1 Å². The van der Waals surface area contributed by atoms with Crippen LogP contribution in [-0.4, -0.2) is 27.3 Å². The monoisotopic (exact) mass is 267 g/mol. The molecule has 100 valence electrons. The zero-order chi connectivity index (χ0) is 13.0. The first kappa shape index (κ1) is 13.6. The Morgan fingerprint density at radius 1 is 1.28 bits per heavy atom. The zero-order valence-electron chi connectivity index (χ0n) is 10.9. The molecule has 0 spiro atoms. The average Bonchev–Trinajstić information content (AvgIpc) is 2.90. The summed E-state index contributed by atoms with van der Waals surface area (Å²) < 4.78 is 23.3. The van der Waals surface area contributed by atoms with Gasteiger partial charge in [-0.2, -0.15) is 0 Å². The Hall–Kier alpha value is -0.870. The van der Waals surface area contributed by atoms with Gasteiger partial charge in [-0.15, -0.1) is 0 Å². The van der Waals surface area contributed by atoms with Gasteiger partial charge in [0.25, 0.3) is 0 Å². The topological polar surface area (TPSA) is 46.2 Å². The molecule has 0 saturated carbocycles. The van der Waals surface area contributed by atoms with Crippen LogP contribution in [0.2, 0.25) is 0 Å². The van der Waals surface area contributed by atoms with Crippen LogP contribution in [0.5, 0.6) is 0 Å². The number of hydrogen-bond acceptors (Lipinski definition) is 3. The summed E-state index contributed by atoms with van der Waals surface area (Å²) in [6, 6.07) is 7.37. The summed E-state index contributed by atoms with van der Waals surface area (Å²) in [4.78, 5) is 0.441. The van der Waals surface area contributed by atoms with Crippen molar-refractivity contribution in [2.45, 2.75) is 31.1 Å². The lowest BCUT2D eigenvalue weighted by molar-refractivity contribution is 0.533. The summed E-state index contributed by atoms with van der Waals surface area (Å²) >= 11 is 0. The predicted octanol–water partition coefficient (Wildman–Crippen LogP) is 2.02. The fraction of sp³-hybridized carbons (Fsp3) is 0.571. The normalized spacial score (nSPS) is 20.2. The van der Waals surface area contributed by atoms with E-state index in [1.807, 2.05) is 12.1 Å². The van der Waals surface area contributed by atoms with E-state index in [9.17, 15) is 8.42 Å². The van der Waals surface area contributed by atoms with Crippen LogP contribution in [0.3, 0.4) is 0 Å². The van der Waals surface area contributed by atoms with Crippen LogP contribution in [0.4, 0.5) is 0 Å². The van der Waals surface area contributed by atoms with Gasteiger partial charge < -0.3 is 5.32 Å². The summed E-state index contributed by atoms with van der Waals surface area (Å²) in [5, 5.41) is 3.37. The predicted molar refractivity (Wildman–Crippen MR) is 73.5 cm³/mol. The van der Waals surface area contributed by atoms with E-state index >= 15 is 0 Å². The van der Waals surface area contributed by atoms with E-state index in [2.05, 4.69) is 5.32 Å². The van der Waals surface area contributed by atoms with E-state index in [4.69, 9.17) is 0 Å². The summed E-state index contributed by atoms with van der Waals surface area (Å²) in [7, 11) is -3.06. The van der Waals surface area contributed by atoms with Crippen LogP contribution in [0.1, 0.15) is 25.3 Å². The molecule has 2 rings (SSSR count). The summed E-state index contributed by atoms with van der Waals surface area (Å²) in [6.07, 6.45) is 3.49. The van der Waals surface area contributed by atoms with Crippen molar-refractivity contribution in [1.29, 1.82) is 0 Å². The van der Waals surface area contributed by atoms with E-state index in [1.165, 1.54) is 18.4 Å². The molecule has 1 atom stereocenters. The fourth-order valence-corrected chi connectivity index (χ4v) is 3.25. The molecule has 1 fully saturated rings. The molecule has 0 radical (unpaired) electrons. The smallest absolute Gasteiger partial charge is 0.178 e. The van der Waals surface area contributed by atoms with Crippen LogP contribution >= 0.6 is 0 Å². The van der Waals surface area contributed by atoms with E-state index < -0.39 is 9.84 Å². The number of sulfone groups is 1. The minimum Gasteiger partial charge on any atom is -0.316 e. The Morgan fingerprint density at radius 3 is 2.56 bits per heavy atom. The molecular formula is C14H21NO2S. The molecule has 1 heterocycles. The molecule has 3 nitrogen and oxygen atoms in total. The maximum absolute atomic E-state index is 11.7. The number of benzene rings is 1. The maximum atomic E-state index is 11.7. The molecule has 1 aliphatic heterocycles.